The lowest BCUT2D eigenvalue weighted by atomic mass is 10.0. The summed E-state index contributed by atoms with van der Waals surface area (Å²) in [5.74, 6) is 0.775. The Hall–Kier alpha value is -3.55. The zero-order valence-corrected chi connectivity index (χ0v) is 21.8. The number of aliphatic hydroxyl groups excluding tert-OH is 1. The van der Waals surface area contributed by atoms with E-state index in [9.17, 15) is 9.90 Å². The van der Waals surface area contributed by atoms with Crippen LogP contribution in [-0.2, 0) is 27.2 Å². The Morgan fingerprint density at radius 2 is 1.97 bits per heavy atom. The number of carbonyl (C=O) groups is 1. The summed E-state index contributed by atoms with van der Waals surface area (Å²) in [6.45, 7) is 1.29. The summed E-state index contributed by atoms with van der Waals surface area (Å²) in [6, 6.07) is 14.6. The van der Waals surface area contributed by atoms with Gasteiger partial charge in [0, 0.05) is 19.1 Å². The third kappa shape index (κ3) is 6.91. The van der Waals surface area contributed by atoms with Gasteiger partial charge in [0.25, 0.3) is 0 Å². The van der Waals surface area contributed by atoms with Crippen molar-refractivity contribution < 1.29 is 28.8 Å². The average Bonchev–Trinajstić information content (AvgIpc) is 3.70. The molecule has 0 saturated carbocycles. The highest BCUT2D eigenvalue weighted by molar-refractivity contribution is 5.66. The molecule has 0 bridgehead atoms. The maximum absolute atomic E-state index is 12.9. The fourth-order valence-corrected chi connectivity index (χ4v) is 4.84. The van der Waals surface area contributed by atoms with Crippen LogP contribution >= 0.6 is 0 Å². The Morgan fingerprint density at radius 1 is 1.21 bits per heavy atom. The molecule has 3 heterocycles. The standard InChI is InChI=1S/C27H34N6O6/c1-36-21-8-4-18(5-9-21)12-23(28)24(34)14-32(13-19-2-6-20(7-3-19)33-17-29-16-30-33)31-27(35)39-25-15-38-26-22(25)10-11-37-26/h2-9,16-17,22-26,34H,10-15,28H2,1H3,(H,31,35)/t22-,23-,24-,25?,26+/m0/s1. The molecule has 5 atom stereocenters. The molecule has 2 aliphatic rings. The van der Waals surface area contributed by atoms with Gasteiger partial charge in [0.15, 0.2) is 6.29 Å². The molecule has 2 aliphatic heterocycles. The Labute approximate surface area is 226 Å². The number of nitrogens with one attached hydrogen (secondary N) is 1. The zero-order valence-electron chi connectivity index (χ0n) is 21.8. The van der Waals surface area contributed by atoms with Crippen molar-refractivity contribution in [1.82, 2.24) is 25.2 Å². The molecule has 12 heteroatoms. The lowest BCUT2D eigenvalue weighted by Crippen LogP contribution is -2.51. The molecule has 1 unspecified atom stereocenters. The second-order valence-corrected chi connectivity index (χ2v) is 9.75. The van der Waals surface area contributed by atoms with Crippen LogP contribution in [0.15, 0.2) is 61.2 Å². The molecule has 4 N–H and O–H groups in total. The number of amides is 1. The number of hydrogen-bond donors (Lipinski definition) is 3. The van der Waals surface area contributed by atoms with Gasteiger partial charge in [-0.05, 0) is 48.2 Å². The summed E-state index contributed by atoms with van der Waals surface area (Å²) in [7, 11) is 1.61. The largest absolute Gasteiger partial charge is 0.497 e. The predicted octanol–water partition coefficient (Wildman–Crippen LogP) is 1.41. The van der Waals surface area contributed by atoms with Crippen LogP contribution in [0.3, 0.4) is 0 Å². The van der Waals surface area contributed by atoms with Crippen LogP contribution in [0, 0.1) is 5.92 Å². The van der Waals surface area contributed by atoms with Crippen molar-refractivity contribution in [2.24, 2.45) is 11.7 Å². The van der Waals surface area contributed by atoms with E-state index in [2.05, 4.69) is 15.5 Å². The first kappa shape index (κ1) is 27.0. The number of nitrogens with zero attached hydrogens (tertiary/aromatic N) is 4. The third-order valence-electron chi connectivity index (χ3n) is 7.02. The number of methoxy groups -OCH3 is 1. The van der Waals surface area contributed by atoms with Crippen molar-refractivity contribution in [2.75, 3.05) is 26.9 Å². The number of carbonyl (C=O) groups excluding carboxylic acids is 1. The first-order valence-electron chi connectivity index (χ1n) is 12.9. The molecule has 0 spiro atoms. The topological polar surface area (TPSA) is 146 Å². The number of aliphatic hydroxyl groups is 1. The van der Waals surface area contributed by atoms with Crippen LogP contribution in [0.2, 0.25) is 0 Å². The second kappa shape index (κ2) is 12.5. The van der Waals surface area contributed by atoms with E-state index in [1.54, 1.807) is 23.1 Å². The van der Waals surface area contributed by atoms with E-state index in [-0.39, 0.29) is 24.9 Å². The van der Waals surface area contributed by atoms with E-state index in [0.29, 0.717) is 26.2 Å². The molecule has 39 heavy (non-hydrogen) atoms. The fourth-order valence-electron chi connectivity index (χ4n) is 4.84. The molecule has 1 aromatic heterocycles. The van der Waals surface area contributed by atoms with Gasteiger partial charge in [0.2, 0.25) is 0 Å². The van der Waals surface area contributed by atoms with Crippen molar-refractivity contribution >= 4 is 6.09 Å². The quantitative estimate of drug-likeness (QED) is 0.306. The van der Waals surface area contributed by atoms with Gasteiger partial charge < -0.3 is 29.8 Å². The highest BCUT2D eigenvalue weighted by atomic mass is 16.7. The van der Waals surface area contributed by atoms with Gasteiger partial charge in [-0.2, -0.15) is 5.10 Å². The smallest absolute Gasteiger partial charge is 0.422 e. The normalized spacial score (nSPS) is 21.9. The minimum Gasteiger partial charge on any atom is -0.497 e. The summed E-state index contributed by atoms with van der Waals surface area (Å²) < 4.78 is 23.6. The lowest BCUT2D eigenvalue weighted by molar-refractivity contribution is -0.0907. The van der Waals surface area contributed by atoms with Crippen molar-refractivity contribution in [2.45, 2.75) is 43.9 Å². The van der Waals surface area contributed by atoms with Gasteiger partial charge in [-0.15, -0.1) is 0 Å². The predicted molar refractivity (Wildman–Crippen MR) is 140 cm³/mol. The number of hydrazine groups is 1. The monoisotopic (exact) mass is 538 g/mol. The highest BCUT2D eigenvalue weighted by Gasteiger charge is 2.44. The molecule has 5 rings (SSSR count). The van der Waals surface area contributed by atoms with Gasteiger partial charge in [0.1, 0.15) is 24.5 Å². The molecule has 12 nitrogen and oxygen atoms in total. The van der Waals surface area contributed by atoms with Crippen LogP contribution < -0.4 is 15.9 Å². The minimum absolute atomic E-state index is 0.0250. The molecule has 208 valence electrons. The molecular weight excluding hydrogens is 504 g/mol. The minimum atomic E-state index is -0.927. The first-order chi connectivity index (χ1) is 19.0. The van der Waals surface area contributed by atoms with Gasteiger partial charge in [-0.1, -0.05) is 24.3 Å². The van der Waals surface area contributed by atoms with E-state index in [4.69, 9.17) is 24.7 Å². The van der Waals surface area contributed by atoms with Gasteiger partial charge in [0.05, 0.1) is 38.0 Å². The summed E-state index contributed by atoms with van der Waals surface area (Å²) in [5.41, 5.74) is 11.9. The number of fused-ring (bicyclic) bond motifs is 1. The molecule has 2 saturated heterocycles. The Kier molecular flexibility index (Phi) is 8.69. The third-order valence-corrected chi connectivity index (χ3v) is 7.02. The highest BCUT2D eigenvalue weighted by Crippen LogP contribution is 2.33. The molecule has 2 aromatic carbocycles. The average molecular weight is 539 g/mol. The van der Waals surface area contributed by atoms with Crippen molar-refractivity contribution in [3.63, 3.8) is 0 Å². The van der Waals surface area contributed by atoms with Crippen LogP contribution in [0.5, 0.6) is 5.75 Å². The van der Waals surface area contributed by atoms with Gasteiger partial charge in [-0.3, -0.25) is 5.43 Å². The van der Waals surface area contributed by atoms with Gasteiger partial charge >= 0.3 is 6.09 Å². The summed E-state index contributed by atoms with van der Waals surface area (Å²) >= 11 is 0. The fraction of sp³-hybridized carbons (Fsp3) is 0.444. The van der Waals surface area contributed by atoms with E-state index in [1.807, 2.05) is 48.5 Å². The lowest BCUT2D eigenvalue weighted by Gasteiger charge is -2.29. The van der Waals surface area contributed by atoms with Crippen LogP contribution in [-0.4, -0.2) is 82.4 Å². The molecule has 3 aromatic rings. The van der Waals surface area contributed by atoms with Crippen LogP contribution in [0.25, 0.3) is 5.69 Å². The molecule has 0 radical (unpaired) electrons. The number of aromatic nitrogens is 3. The molecular formula is C27H34N6O6. The van der Waals surface area contributed by atoms with E-state index in [1.165, 1.54) is 6.33 Å². The number of ether oxygens (including phenoxy) is 4. The van der Waals surface area contributed by atoms with Crippen molar-refractivity contribution in [1.29, 1.82) is 0 Å². The van der Waals surface area contributed by atoms with Gasteiger partial charge in [-0.25, -0.2) is 19.5 Å². The Balaban J connectivity index is 1.23. The van der Waals surface area contributed by atoms with E-state index >= 15 is 0 Å². The number of benzene rings is 2. The maximum Gasteiger partial charge on any atom is 0.422 e. The molecule has 1 amide bonds. The SMILES string of the molecule is COc1ccc(C[C@H](N)[C@@H](O)CN(Cc2ccc(-n3cncn3)cc2)NC(=O)OC2CO[C@H]3OCC[C@@H]23)cc1. The zero-order chi connectivity index (χ0) is 27.2. The summed E-state index contributed by atoms with van der Waals surface area (Å²) in [5, 5.41) is 16.7. The number of rotatable bonds is 11. The van der Waals surface area contributed by atoms with Crippen molar-refractivity contribution in [3.8, 4) is 11.4 Å². The number of nitrogens with two attached hydrogens (primary N) is 1. The van der Waals surface area contributed by atoms with E-state index < -0.39 is 18.2 Å². The Bertz CT molecular complexity index is 1190. The van der Waals surface area contributed by atoms with Crippen molar-refractivity contribution in [3.05, 3.63) is 72.3 Å². The molecule has 0 aliphatic carbocycles. The molecule has 2 fully saturated rings. The van der Waals surface area contributed by atoms with E-state index in [0.717, 1.165) is 29.0 Å². The number of hydrogen-bond acceptors (Lipinski definition) is 10. The summed E-state index contributed by atoms with van der Waals surface area (Å²) in [4.78, 5) is 16.9. The summed E-state index contributed by atoms with van der Waals surface area (Å²) in [6.07, 6.45) is 2.07. The van der Waals surface area contributed by atoms with Crippen LogP contribution in [0.1, 0.15) is 17.5 Å². The Morgan fingerprint density at radius 3 is 2.69 bits per heavy atom. The van der Waals surface area contributed by atoms with Crippen LogP contribution in [0.4, 0.5) is 4.79 Å². The second-order valence-electron chi connectivity index (χ2n) is 9.75. The first-order valence-corrected chi connectivity index (χ1v) is 12.9. The maximum atomic E-state index is 12.9.